The van der Waals surface area contributed by atoms with Crippen LogP contribution in [0.3, 0.4) is 0 Å². The molecule has 1 N–H and O–H groups in total. The molecule has 0 radical (unpaired) electrons. The normalized spacial score (nSPS) is 20.6. The van der Waals surface area contributed by atoms with E-state index in [1.54, 1.807) is 0 Å². The predicted octanol–water partition coefficient (Wildman–Crippen LogP) is 4.54. The highest BCUT2D eigenvalue weighted by Crippen LogP contribution is 2.37. The number of aliphatic hydroxyl groups is 1. The van der Waals surface area contributed by atoms with Crippen molar-refractivity contribution < 1.29 is 5.11 Å². The highest BCUT2D eigenvalue weighted by molar-refractivity contribution is 5.48. The lowest BCUT2D eigenvalue weighted by molar-refractivity contribution is 0.173. The van der Waals surface area contributed by atoms with E-state index in [0.29, 0.717) is 11.5 Å². The Kier molecular flexibility index (Phi) is 4.74. The minimum atomic E-state index is -0.329. The fourth-order valence-corrected chi connectivity index (χ4v) is 3.15. The van der Waals surface area contributed by atoms with Crippen molar-refractivity contribution in [1.82, 2.24) is 0 Å². The van der Waals surface area contributed by atoms with Gasteiger partial charge in [-0.1, -0.05) is 32.9 Å². The van der Waals surface area contributed by atoms with Gasteiger partial charge in [-0.15, -0.1) is 0 Å². The molecule has 0 aliphatic heterocycles. The molecule has 2 heteroatoms. The Bertz CT molecular complexity index is 414. The number of anilines is 1. The van der Waals surface area contributed by atoms with E-state index < -0.39 is 0 Å². The zero-order valence-electron chi connectivity index (χ0n) is 13.4. The number of hydrogen-bond acceptors (Lipinski definition) is 2. The molecule has 0 heterocycles. The zero-order valence-corrected chi connectivity index (χ0v) is 13.4. The summed E-state index contributed by atoms with van der Waals surface area (Å²) in [5.74, 6) is 0. The van der Waals surface area contributed by atoms with Gasteiger partial charge in [0.15, 0.2) is 0 Å². The van der Waals surface area contributed by atoms with Gasteiger partial charge in [0, 0.05) is 18.8 Å². The second-order valence-electron chi connectivity index (χ2n) is 7.02. The Morgan fingerprint density at radius 3 is 2.25 bits per heavy atom. The molecule has 1 saturated carbocycles. The molecule has 112 valence electrons. The van der Waals surface area contributed by atoms with Crippen LogP contribution in [-0.4, -0.2) is 18.2 Å². The van der Waals surface area contributed by atoms with E-state index in [2.05, 4.69) is 50.1 Å². The van der Waals surface area contributed by atoms with Crippen LogP contribution in [0.5, 0.6) is 0 Å². The molecule has 1 aliphatic rings. The number of nitrogens with zero attached hydrogens (tertiary/aromatic N) is 1. The van der Waals surface area contributed by atoms with Crippen LogP contribution in [0.2, 0.25) is 0 Å². The van der Waals surface area contributed by atoms with Gasteiger partial charge in [0.05, 0.1) is 6.10 Å². The zero-order chi connectivity index (χ0) is 14.8. The molecule has 0 spiro atoms. The molecule has 1 atom stereocenters. The molecule has 1 aromatic carbocycles. The molecular weight excluding hydrogens is 246 g/mol. The minimum absolute atomic E-state index is 0.329. The predicted molar refractivity (Wildman–Crippen MR) is 86.1 cm³/mol. The third-order valence-corrected chi connectivity index (χ3v) is 4.93. The summed E-state index contributed by atoms with van der Waals surface area (Å²) in [4.78, 5) is 2.41. The van der Waals surface area contributed by atoms with Crippen molar-refractivity contribution in [3.05, 3.63) is 29.8 Å². The largest absolute Gasteiger partial charge is 0.388 e. The summed E-state index contributed by atoms with van der Waals surface area (Å²) in [5, 5.41) is 9.85. The first-order chi connectivity index (χ1) is 9.43. The fourth-order valence-electron chi connectivity index (χ4n) is 3.15. The number of benzene rings is 1. The van der Waals surface area contributed by atoms with Crippen molar-refractivity contribution in [3.63, 3.8) is 0 Å². The molecule has 1 unspecified atom stereocenters. The van der Waals surface area contributed by atoms with Gasteiger partial charge in [-0.05, 0) is 55.2 Å². The lowest BCUT2D eigenvalue weighted by Gasteiger charge is -2.39. The van der Waals surface area contributed by atoms with Crippen molar-refractivity contribution >= 4 is 5.69 Å². The van der Waals surface area contributed by atoms with Crippen molar-refractivity contribution in [2.75, 3.05) is 11.9 Å². The maximum atomic E-state index is 9.85. The Labute approximate surface area is 123 Å². The Morgan fingerprint density at radius 1 is 1.20 bits per heavy atom. The molecule has 1 aliphatic carbocycles. The van der Waals surface area contributed by atoms with Gasteiger partial charge in [0.1, 0.15) is 0 Å². The standard InChI is InChI=1S/C18H29NO/c1-5-17(20)14-6-8-15(9-7-14)19(4)16-10-12-18(2,3)13-11-16/h6-9,16-17,20H,5,10-13H2,1-4H3. The number of aliphatic hydroxyl groups excluding tert-OH is 1. The molecule has 1 aromatic rings. The van der Waals surface area contributed by atoms with Gasteiger partial charge in [0.25, 0.3) is 0 Å². The second kappa shape index (κ2) is 6.17. The maximum Gasteiger partial charge on any atom is 0.0787 e. The van der Waals surface area contributed by atoms with Gasteiger partial charge in [-0.3, -0.25) is 0 Å². The summed E-state index contributed by atoms with van der Waals surface area (Å²) in [6.45, 7) is 6.77. The molecule has 0 bridgehead atoms. The quantitative estimate of drug-likeness (QED) is 0.872. The van der Waals surface area contributed by atoms with E-state index in [0.717, 1.165) is 12.0 Å². The third kappa shape index (κ3) is 3.54. The summed E-state index contributed by atoms with van der Waals surface area (Å²) in [6, 6.07) is 9.08. The van der Waals surface area contributed by atoms with Crippen LogP contribution in [0.25, 0.3) is 0 Å². The first-order valence-corrected chi connectivity index (χ1v) is 7.94. The van der Waals surface area contributed by atoms with Crippen molar-refractivity contribution in [3.8, 4) is 0 Å². The molecular formula is C18H29NO. The molecule has 2 nitrogen and oxygen atoms in total. The fraction of sp³-hybridized carbons (Fsp3) is 0.667. The lowest BCUT2D eigenvalue weighted by Crippen LogP contribution is -2.37. The van der Waals surface area contributed by atoms with Crippen LogP contribution in [0.15, 0.2) is 24.3 Å². The first kappa shape index (κ1) is 15.4. The van der Waals surface area contributed by atoms with Gasteiger partial charge in [0.2, 0.25) is 0 Å². The lowest BCUT2D eigenvalue weighted by atomic mass is 9.75. The number of rotatable bonds is 4. The molecule has 2 rings (SSSR count). The molecule has 0 saturated heterocycles. The van der Waals surface area contributed by atoms with E-state index in [1.807, 2.05) is 6.92 Å². The van der Waals surface area contributed by atoms with Crippen LogP contribution in [0.4, 0.5) is 5.69 Å². The summed E-state index contributed by atoms with van der Waals surface area (Å²) in [7, 11) is 2.20. The van der Waals surface area contributed by atoms with Crippen LogP contribution >= 0.6 is 0 Å². The summed E-state index contributed by atoms with van der Waals surface area (Å²) >= 11 is 0. The van der Waals surface area contributed by atoms with Crippen LogP contribution < -0.4 is 4.90 Å². The Balaban J connectivity index is 2.01. The average molecular weight is 275 g/mol. The smallest absolute Gasteiger partial charge is 0.0787 e. The average Bonchev–Trinajstić information content (AvgIpc) is 2.46. The first-order valence-electron chi connectivity index (χ1n) is 7.94. The van der Waals surface area contributed by atoms with Gasteiger partial charge in [-0.25, -0.2) is 0 Å². The van der Waals surface area contributed by atoms with Gasteiger partial charge < -0.3 is 10.0 Å². The number of hydrogen-bond donors (Lipinski definition) is 1. The molecule has 20 heavy (non-hydrogen) atoms. The Morgan fingerprint density at radius 2 is 1.75 bits per heavy atom. The van der Waals surface area contributed by atoms with E-state index in [9.17, 15) is 5.11 Å². The van der Waals surface area contributed by atoms with E-state index in [-0.39, 0.29) is 6.10 Å². The molecule has 1 fully saturated rings. The van der Waals surface area contributed by atoms with Gasteiger partial charge >= 0.3 is 0 Å². The summed E-state index contributed by atoms with van der Waals surface area (Å²) in [5.41, 5.74) is 2.81. The van der Waals surface area contributed by atoms with E-state index in [1.165, 1.54) is 31.4 Å². The van der Waals surface area contributed by atoms with E-state index in [4.69, 9.17) is 0 Å². The van der Waals surface area contributed by atoms with Gasteiger partial charge in [-0.2, -0.15) is 0 Å². The third-order valence-electron chi connectivity index (χ3n) is 4.93. The van der Waals surface area contributed by atoms with Crippen molar-refractivity contribution in [2.24, 2.45) is 5.41 Å². The summed E-state index contributed by atoms with van der Waals surface area (Å²) < 4.78 is 0. The van der Waals surface area contributed by atoms with Crippen molar-refractivity contribution in [1.29, 1.82) is 0 Å². The minimum Gasteiger partial charge on any atom is -0.388 e. The van der Waals surface area contributed by atoms with E-state index >= 15 is 0 Å². The Hall–Kier alpha value is -1.02. The summed E-state index contributed by atoms with van der Waals surface area (Å²) in [6.07, 6.45) is 5.63. The second-order valence-corrected chi connectivity index (χ2v) is 7.02. The molecule has 0 aromatic heterocycles. The van der Waals surface area contributed by atoms with Crippen molar-refractivity contribution in [2.45, 2.75) is 65.0 Å². The monoisotopic (exact) mass is 275 g/mol. The maximum absolute atomic E-state index is 9.85. The van der Waals surface area contributed by atoms with Crippen LogP contribution in [0.1, 0.15) is 64.5 Å². The van der Waals surface area contributed by atoms with Crippen LogP contribution in [-0.2, 0) is 0 Å². The molecule has 0 amide bonds. The van der Waals surface area contributed by atoms with Crippen LogP contribution in [0, 0.1) is 5.41 Å². The SMILES string of the molecule is CCC(O)c1ccc(N(C)C2CCC(C)(C)CC2)cc1. The highest BCUT2D eigenvalue weighted by atomic mass is 16.3. The highest BCUT2D eigenvalue weighted by Gasteiger charge is 2.28. The topological polar surface area (TPSA) is 23.5 Å².